The quantitative estimate of drug-likeness (QED) is 0.660. The second-order valence-electron chi connectivity index (χ2n) is 4.01. The van der Waals surface area contributed by atoms with E-state index in [0.29, 0.717) is 13.1 Å². The summed E-state index contributed by atoms with van der Waals surface area (Å²) < 4.78 is 5.31. The number of ether oxygens (including phenoxy) is 1. The fourth-order valence-corrected chi connectivity index (χ4v) is 1.67. The molecule has 3 N–H and O–H groups in total. The van der Waals surface area contributed by atoms with Gasteiger partial charge in [0.1, 0.15) is 5.75 Å². The summed E-state index contributed by atoms with van der Waals surface area (Å²) in [7, 11) is 1.64. The topological polar surface area (TPSA) is 74.6 Å². The molecular formula is C12H20N2O3. The lowest BCUT2D eigenvalue weighted by Crippen LogP contribution is -2.29. The van der Waals surface area contributed by atoms with E-state index < -0.39 is 6.10 Å². The summed E-state index contributed by atoms with van der Waals surface area (Å²) in [5.74, 6) is 0.847. The zero-order valence-corrected chi connectivity index (χ0v) is 10.5. The SMILES string of the molecule is COc1c(C)cnc(CNCC(O)CO)c1C. The molecule has 0 spiro atoms. The van der Waals surface area contributed by atoms with Gasteiger partial charge in [0.05, 0.1) is 25.5 Å². The Bertz CT molecular complexity index is 369. The van der Waals surface area contributed by atoms with Gasteiger partial charge in [-0.15, -0.1) is 0 Å². The molecule has 5 heteroatoms. The number of nitrogens with zero attached hydrogens (tertiary/aromatic N) is 1. The second kappa shape index (κ2) is 6.54. The predicted molar refractivity (Wildman–Crippen MR) is 65.1 cm³/mol. The fourth-order valence-electron chi connectivity index (χ4n) is 1.67. The highest BCUT2D eigenvalue weighted by molar-refractivity contribution is 5.40. The highest BCUT2D eigenvalue weighted by Crippen LogP contribution is 2.23. The van der Waals surface area contributed by atoms with E-state index in [4.69, 9.17) is 9.84 Å². The van der Waals surface area contributed by atoms with E-state index >= 15 is 0 Å². The second-order valence-corrected chi connectivity index (χ2v) is 4.01. The van der Waals surface area contributed by atoms with E-state index in [1.807, 2.05) is 13.8 Å². The summed E-state index contributed by atoms with van der Waals surface area (Å²) in [6.07, 6.45) is 1.04. The van der Waals surface area contributed by atoms with E-state index in [-0.39, 0.29) is 6.61 Å². The lowest BCUT2D eigenvalue weighted by molar-refractivity contribution is 0.0941. The first-order valence-corrected chi connectivity index (χ1v) is 5.58. The van der Waals surface area contributed by atoms with Crippen molar-refractivity contribution < 1.29 is 14.9 Å². The smallest absolute Gasteiger partial charge is 0.128 e. The molecular weight excluding hydrogens is 220 g/mol. The van der Waals surface area contributed by atoms with Gasteiger partial charge in [-0.3, -0.25) is 4.98 Å². The van der Waals surface area contributed by atoms with Crippen LogP contribution in [-0.2, 0) is 6.54 Å². The van der Waals surface area contributed by atoms with Crippen molar-refractivity contribution in [2.75, 3.05) is 20.3 Å². The number of nitrogens with one attached hydrogen (secondary N) is 1. The average molecular weight is 240 g/mol. The minimum atomic E-state index is -0.734. The monoisotopic (exact) mass is 240 g/mol. The number of aryl methyl sites for hydroxylation is 1. The molecule has 1 atom stereocenters. The summed E-state index contributed by atoms with van der Waals surface area (Å²) in [6, 6.07) is 0. The molecule has 1 aromatic heterocycles. The van der Waals surface area contributed by atoms with Crippen LogP contribution in [-0.4, -0.2) is 41.6 Å². The van der Waals surface area contributed by atoms with E-state index in [1.165, 1.54) is 0 Å². The van der Waals surface area contributed by atoms with Gasteiger partial charge in [0, 0.05) is 30.4 Å². The number of aliphatic hydroxyl groups excluding tert-OH is 2. The standard InChI is InChI=1S/C12H20N2O3/c1-8-4-14-11(9(2)12(8)17-3)6-13-5-10(16)7-15/h4,10,13,15-16H,5-7H2,1-3H3. The number of rotatable bonds is 6. The van der Waals surface area contributed by atoms with Crippen LogP contribution in [0.5, 0.6) is 5.75 Å². The van der Waals surface area contributed by atoms with E-state index in [2.05, 4.69) is 10.3 Å². The predicted octanol–water partition coefficient (Wildman–Crippen LogP) is 0.150. The number of aromatic nitrogens is 1. The van der Waals surface area contributed by atoms with Crippen LogP contribution in [0.15, 0.2) is 6.20 Å². The number of hydrogen-bond acceptors (Lipinski definition) is 5. The summed E-state index contributed by atoms with van der Waals surface area (Å²) in [5, 5.41) is 20.9. The Balaban J connectivity index is 2.66. The molecule has 0 fully saturated rings. The van der Waals surface area contributed by atoms with Gasteiger partial charge in [0.2, 0.25) is 0 Å². The fraction of sp³-hybridized carbons (Fsp3) is 0.583. The van der Waals surface area contributed by atoms with Crippen LogP contribution >= 0.6 is 0 Å². The largest absolute Gasteiger partial charge is 0.496 e. The molecule has 0 radical (unpaired) electrons. The van der Waals surface area contributed by atoms with E-state index in [9.17, 15) is 5.11 Å². The zero-order valence-electron chi connectivity index (χ0n) is 10.5. The molecule has 0 saturated carbocycles. The first-order chi connectivity index (χ1) is 8.10. The molecule has 0 aliphatic rings. The van der Waals surface area contributed by atoms with Gasteiger partial charge in [-0.2, -0.15) is 0 Å². The summed E-state index contributed by atoms with van der Waals surface area (Å²) in [4.78, 5) is 4.32. The zero-order chi connectivity index (χ0) is 12.8. The molecule has 1 aromatic rings. The van der Waals surface area contributed by atoms with Crippen LogP contribution in [0.1, 0.15) is 16.8 Å². The Hall–Kier alpha value is -1.17. The van der Waals surface area contributed by atoms with Crippen LogP contribution in [0.3, 0.4) is 0 Å². The lowest BCUT2D eigenvalue weighted by atomic mass is 10.1. The maximum atomic E-state index is 9.19. The van der Waals surface area contributed by atoms with Crippen molar-refractivity contribution in [2.45, 2.75) is 26.5 Å². The average Bonchev–Trinajstić information content (AvgIpc) is 2.32. The molecule has 17 heavy (non-hydrogen) atoms. The maximum absolute atomic E-state index is 9.19. The molecule has 5 nitrogen and oxygen atoms in total. The summed E-state index contributed by atoms with van der Waals surface area (Å²) in [5.41, 5.74) is 2.89. The number of pyridine rings is 1. The van der Waals surface area contributed by atoms with Crippen molar-refractivity contribution >= 4 is 0 Å². The molecule has 0 aromatic carbocycles. The summed E-state index contributed by atoms with van der Waals surface area (Å²) >= 11 is 0. The van der Waals surface area contributed by atoms with Crippen LogP contribution in [0.25, 0.3) is 0 Å². The Kier molecular flexibility index (Phi) is 5.34. The molecule has 0 aliphatic carbocycles. The Morgan fingerprint density at radius 1 is 1.47 bits per heavy atom. The highest BCUT2D eigenvalue weighted by Gasteiger charge is 2.09. The molecule has 1 heterocycles. The van der Waals surface area contributed by atoms with Crippen molar-refractivity contribution in [3.05, 3.63) is 23.0 Å². The van der Waals surface area contributed by atoms with Crippen molar-refractivity contribution in [1.29, 1.82) is 0 Å². The van der Waals surface area contributed by atoms with Gasteiger partial charge in [-0.05, 0) is 13.8 Å². The number of methoxy groups -OCH3 is 1. The number of hydrogen-bond donors (Lipinski definition) is 3. The molecule has 96 valence electrons. The van der Waals surface area contributed by atoms with Gasteiger partial charge in [0.15, 0.2) is 0 Å². The van der Waals surface area contributed by atoms with E-state index in [0.717, 1.165) is 22.6 Å². The Labute approximate surface area is 101 Å². The third kappa shape index (κ3) is 3.66. The first-order valence-electron chi connectivity index (χ1n) is 5.58. The molecule has 0 aliphatic heterocycles. The molecule has 1 unspecified atom stereocenters. The minimum absolute atomic E-state index is 0.239. The van der Waals surface area contributed by atoms with Gasteiger partial charge >= 0.3 is 0 Å². The van der Waals surface area contributed by atoms with Crippen LogP contribution < -0.4 is 10.1 Å². The first kappa shape index (κ1) is 13.9. The van der Waals surface area contributed by atoms with Crippen molar-refractivity contribution in [1.82, 2.24) is 10.3 Å². The molecule has 0 saturated heterocycles. The van der Waals surface area contributed by atoms with Crippen molar-refractivity contribution in [3.63, 3.8) is 0 Å². The van der Waals surface area contributed by atoms with Crippen molar-refractivity contribution in [3.8, 4) is 5.75 Å². The van der Waals surface area contributed by atoms with Gasteiger partial charge in [-0.25, -0.2) is 0 Å². The van der Waals surface area contributed by atoms with Crippen LogP contribution in [0, 0.1) is 13.8 Å². The van der Waals surface area contributed by atoms with Crippen molar-refractivity contribution in [2.24, 2.45) is 0 Å². The normalized spacial score (nSPS) is 12.5. The maximum Gasteiger partial charge on any atom is 0.128 e. The highest BCUT2D eigenvalue weighted by atomic mass is 16.5. The van der Waals surface area contributed by atoms with Gasteiger partial charge in [0.25, 0.3) is 0 Å². The Morgan fingerprint density at radius 2 is 2.18 bits per heavy atom. The van der Waals surface area contributed by atoms with Gasteiger partial charge in [-0.1, -0.05) is 0 Å². The lowest BCUT2D eigenvalue weighted by Gasteiger charge is -2.13. The molecule has 0 amide bonds. The molecule has 1 rings (SSSR count). The number of aliphatic hydroxyl groups is 2. The Morgan fingerprint density at radius 3 is 2.76 bits per heavy atom. The van der Waals surface area contributed by atoms with Crippen LogP contribution in [0.2, 0.25) is 0 Å². The third-order valence-corrected chi connectivity index (χ3v) is 2.63. The minimum Gasteiger partial charge on any atom is -0.496 e. The third-order valence-electron chi connectivity index (χ3n) is 2.63. The summed E-state index contributed by atoms with van der Waals surface area (Å²) in [6.45, 7) is 4.55. The van der Waals surface area contributed by atoms with E-state index in [1.54, 1.807) is 13.3 Å². The molecule has 0 bridgehead atoms. The van der Waals surface area contributed by atoms with Gasteiger partial charge < -0.3 is 20.3 Å². The van der Waals surface area contributed by atoms with Crippen LogP contribution in [0.4, 0.5) is 0 Å².